The Morgan fingerprint density at radius 2 is 1.61 bits per heavy atom. The Kier molecular flexibility index (Phi) is 7.00. The Morgan fingerprint density at radius 3 is 2.25 bits per heavy atom. The molecule has 3 aromatic heterocycles. The highest BCUT2D eigenvalue weighted by atomic mass is 16.1. The van der Waals surface area contributed by atoms with E-state index in [-0.39, 0.29) is 17.2 Å². The number of aryl methyl sites for hydroxylation is 4. The van der Waals surface area contributed by atoms with Gasteiger partial charge < -0.3 is 11.5 Å². The van der Waals surface area contributed by atoms with E-state index in [1.165, 1.54) is 11.1 Å². The van der Waals surface area contributed by atoms with Crippen LogP contribution in [0.25, 0.3) is 22.3 Å². The average Bonchev–Trinajstić information content (AvgIpc) is 3.26. The molecule has 0 radical (unpaired) electrons. The lowest BCUT2D eigenvalue weighted by Gasteiger charge is -2.15. The highest BCUT2D eigenvalue weighted by molar-refractivity contribution is 5.81. The van der Waals surface area contributed by atoms with Crippen LogP contribution in [0.2, 0.25) is 0 Å². The summed E-state index contributed by atoms with van der Waals surface area (Å²) in [6.45, 7) is 7.81. The van der Waals surface area contributed by atoms with Crippen molar-refractivity contribution in [3.8, 4) is 11.4 Å². The number of para-hydroxylation sites is 1. The molecule has 0 aliphatic rings. The summed E-state index contributed by atoms with van der Waals surface area (Å²) in [4.78, 5) is 26.7. The third kappa shape index (κ3) is 4.76. The van der Waals surface area contributed by atoms with Crippen LogP contribution >= 0.6 is 0 Å². The zero-order valence-electron chi connectivity index (χ0n) is 20.7. The molecule has 0 amide bonds. The van der Waals surface area contributed by atoms with E-state index >= 15 is 0 Å². The number of anilines is 2. The molecule has 2 aromatic carbocycles. The molecule has 0 atom stereocenters. The van der Waals surface area contributed by atoms with Crippen LogP contribution in [0.5, 0.6) is 0 Å². The zero-order valence-corrected chi connectivity index (χ0v) is 20.7. The van der Waals surface area contributed by atoms with Gasteiger partial charge >= 0.3 is 0 Å². The molecule has 0 bridgehead atoms. The lowest BCUT2D eigenvalue weighted by Crippen LogP contribution is -2.25. The summed E-state index contributed by atoms with van der Waals surface area (Å²) in [6, 6.07) is 13.8. The van der Waals surface area contributed by atoms with Gasteiger partial charge in [-0.1, -0.05) is 37.3 Å². The second-order valence-electron chi connectivity index (χ2n) is 8.29. The number of nitrogens with two attached hydrogens (primary N) is 2. The monoisotopic (exact) mass is 484 g/mol. The Hall–Kier alpha value is -4.67. The number of aromatic nitrogens is 8. The SMILES string of the molecule is CCCc1nc2cccc(C)c2c(=O)n1-c1ccccc1C.Cc1nnn(-c2c(N)ncnc2N)n1. The van der Waals surface area contributed by atoms with Crippen molar-refractivity contribution >= 4 is 22.5 Å². The smallest absolute Gasteiger partial charge is 0.266 e. The molecule has 0 fully saturated rings. The number of nitrogens with zero attached hydrogens (tertiary/aromatic N) is 8. The first-order chi connectivity index (χ1) is 17.3. The van der Waals surface area contributed by atoms with Crippen LogP contribution < -0.4 is 17.0 Å². The number of benzene rings is 2. The Balaban J connectivity index is 0.000000187. The van der Waals surface area contributed by atoms with Gasteiger partial charge in [-0.15, -0.1) is 15.0 Å². The number of hydrogen-bond donors (Lipinski definition) is 2. The molecule has 0 saturated heterocycles. The van der Waals surface area contributed by atoms with Crippen molar-refractivity contribution in [3.63, 3.8) is 0 Å². The minimum absolute atomic E-state index is 0.0286. The van der Waals surface area contributed by atoms with E-state index in [9.17, 15) is 4.79 Å². The molecule has 0 aliphatic carbocycles. The fraction of sp³-hybridized carbons (Fsp3) is 0.240. The van der Waals surface area contributed by atoms with E-state index < -0.39 is 0 Å². The molecular formula is C25H28N10O. The molecular weight excluding hydrogens is 456 g/mol. The van der Waals surface area contributed by atoms with E-state index in [1.54, 1.807) is 11.5 Å². The van der Waals surface area contributed by atoms with Gasteiger partial charge in [-0.05, 0) is 55.7 Å². The molecule has 4 N–H and O–H groups in total. The molecule has 0 spiro atoms. The zero-order chi connectivity index (χ0) is 25.8. The number of rotatable bonds is 4. The van der Waals surface area contributed by atoms with Crippen LogP contribution in [0.1, 0.15) is 36.1 Å². The molecule has 184 valence electrons. The van der Waals surface area contributed by atoms with Gasteiger partial charge in [0.1, 0.15) is 12.2 Å². The standard InChI is InChI=1S/C19H20N2O.C6H8N8/c1-4-8-17-20-15-11-7-10-14(3)18(15)19(22)21(17)16-12-6-5-9-13(16)2;1-3-11-13-14(12-3)4-5(7)9-2-10-6(4)8/h5-7,9-12H,4,8H2,1-3H3;2H,1H3,(H4,7,8,9,10). The fourth-order valence-corrected chi connectivity index (χ4v) is 3.89. The molecule has 11 nitrogen and oxygen atoms in total. The van der Waals surface area contributed by atoms with Crippen LogP contribution in [0.15, 0.2) is 53.6 Å². The predicted molar refractivity (Wildman–Crippen MR) is 139 cm³/mol. The van der Waals surface area contributed by atoms with Crippen molar-refractivity contribution in [1.29, 1.82) is 0 Å². The summed E-state index contributed by atoms with van der Waals surface area (Å²) in [7, 11) is 0. The van der Waals surface area contributed by atoms with Gasteiger partial charge in [0.2, 0.25) is 0 Å². The van der Waals surface area contributed by atoms with Crippen LogP contribution in [-0.4, -0.2) is 39.7 Å². The molecule has 5 rings (SSSR count). The maximum Gasteiger partial charge on any atom is 0.266 e. The van der Waals surface area contributed by atoms with Crippen molar-refractivity contribution in [2.45, 2.75) is 40.5 Å². The third-order valence-electron chi connectivity index (χ3n) is 5.60. The van der Waals surface area contributed by atoms with Gasteiger partial charge in [-0.3, -0.25) is 9.36 Å². The number of fused-ring (bicyclic) bond motifs is 1. The van der Waals surface area contributed by atoms with Crippen molar-refractivity contribution in [3.05, 3.63) is 81.9 Å². The molecule has 5 aromatic rings. The highest BCUT2D eigenvalue weighted by Crippen LogP contribution is 2.19. The Morgan fingerprint density at radius 1 is 0.917 bits per heavy atom. The van der Waals surface area contributed by atoms with Gasteiger partial charge in [0.05, 0.1) is 16.6 Å². The summed E-state index contributed by atoms with van der Waals surface area (Å²) in [5.41, 5.74) is 15.4. The normalized spacial score (nSPS) is 10.8. The molecule has 0 unspecified atom stereocenters. The maximum absolute atomic E-state index is 13.1. The summed E-state index contributed by atoms with van der Waals surface area (Å²) >= 11 is 0. The van der Waals surface area contributed by atoms with E-state index in [2.05, 4.69) is 32.3 Å². The van der Waals surface area contributed by atoms with Crippen LogP contribution in [-0.2, 0) is 6.42 Å². The molecule has 3 heterocycles. The van der Waals surface area contributed by atoms with Gasteiger partial charge in [0, 0.05) is 6.42 Å². The predicted octanol–water partition coefficient (Wildman–Crippen LogP) is 2.88. The molecule has 0 saturated carbocycles. The van der Waals surface area contributed by atoms with Crippen LogP contribution in [0.4, 0.5) is 11.6 Å². The maximum atomic E-state index is 13.1. The molecule has 11 heteroatoms. The number of hydrogen-bond acceptors (Lipinski definition) is 9. The number of tetrazole rings is 1. The lowest BCUT2D eigenvalue weighted by atomic mass is 10.1. The third-order valence-corrected chi connectivity index (χ3v) is 5.60. The largest absolute Gasteiger partial charge is 0.382 e. The van der Waals surface area contributed by atoms with Crippen molar-refractivity contribution in [2.24, 2.45) is 0 Å². The van der Waals surface area contributed by atoms with E-state index in [4.69, 9.17) is 16.5 Å². The summed E-state index contributed by atoms with van der Waals surface area (Å²) in [6.07, 6.45) is 3.01. The Labute approximate surface area is 207 Å². The van der Waals surface area contributed by atoms with Gasteiger partial charge in [-0.25, -0.2) is 15.0 Å². The minimum Gasteiger partial charge on any atom is -0.382 e. The van der Waals surface area contributed by atoms with E-state index in [0.29, 0.717) is 16.9 Å². The molecule has 0 aliphatic heterocycles. The van der Waals surface area contributed by atoms with E-state index in [1.807, 2.05) is 56.3 Å². The average molecular weight is 485 g/mol. The fourth-order valence-electron chi connectivity index (χ4n) is 3.89. The van der Waals surface area contributed by atoms with Gasteiger partial charge in [0.25, 0.3) is 5.56 Å². The summed E-state index contributed by atoms with van der Waals surface area (Å²) in [5, 5.41) is 12.1. The second-order valence-corrected chi connectivity index (χ2v) is 8.29. The topological polar surface area (TPSA) is 156 Å². The minimum atomic E-state index is 0.0286. The first-order valence-electron chi connectivity index (χ1n) is 11.5. The van der Waals surface area contributed by atoms with Crippen molar-refractivity contribution < 1.29 is 0 Å². The number of nitrogen functional groups attached to an aromatic ring is 2. The Bertz CT molecular complexity index is 1570. The van der Waals surface area contributed by atoms with Crippen LogP contribution in [0, 0.1) is 20.8 Å². The lowest BCUT2D eigenvalue weighted by molar-refractivity contribution is 0.717. The van der Waals surface area contributed by atoms with Gasteiger partial charge in [-0.2, -0.15) is 0 Å². The summed E-state index contributed by atoms with van der Waals surface area (Å²) in [5.74, 6) is 1.79. The van der Waals surface area contributed by atoms with E-state index in [0.717, 1.165) is 41.0 Å². The summed E-state index contributed by atoms with van der Waals surface area (Å²) < 4.78 is 1.79. The quantitative estimate of drug-likeness (QED) is 0.391. The van der Waals surface area contributed by atoms with Crippen LogP contribution in [0.3, 0.4) is 0 Å². The van der Waals surface area contributed by atoms with Crippen molar-refractivity contribution in [1.82, 2.24) is 39.7 Å². The highest BCUT2D eigenvalue weighted by Gasteiger charge is 2.15. The first kappa shape index (κ1) is 24.5. The van der Waals surface area contributed by atoms with Crippen molar-refractivity contribution in [2.75, 3.05) is 11.5 Å². The first-order valence-corrected chi connectivity index (χ1v) is 11.5. The molecule has 36 heavy (non-hydrogen) atoms. The second kappa shape index (κ2) is 10.3. The van der Waals surface area contributed by atoms with Gasteiger partial charge in [0.15, 0.2) is 23.1 Å².